The van der Waals surface area contributed by atoms with Crippen LogP contribution in [0.4, 0.5) is 18.9 Å². The summed E-state index contributed by atoms with van der Waals surface area (Å²) in [4.78, 5) is 0. The number of nitrogens with two attached hydrogens (primary N) is 1. The van der Waals surface area contributed by atoms with Gasteiger partial charge in [0.05, 0.1) is 11.3 Å². The second kappa shape index (κ2) is 5.55. The van der Waals surface area contributed by atoms with Crippen LogP contribution < -0.4 is 15.2 Å². The molecule has 0 aliphatic heterocycles. The van der Waals surface area contributed by atoms with Gasteiger partial charge in [0.1, 0.15) is 0 Å². The zero-order valence-corrected chi connectivity index (χ0v) is 9.98. The van der Waals surface area contributed by atoms with E-state index in [1.807, 2.05) is 4.72 Å². The highest BCUT2D eigenvalue weighted by atomic mass is 32.2. The van der Waals surface area contributed by atoms with E-state index >= 15 is 0 Å². The molecule has 5 nitrogen and oxygen atoms in total. The van der Waals surface area contributed by atoms with Gasteiger partial charge in [0.15, 0.2) is 0 Å². The highest BCUT2D eigenvalue weighted by molar-refractivity contribution is 7.90. The highest BCUT2D eigenvalue weighted by Gasteiger charge is 2.30. The molecular formula is C9H12F3N3O2S. The summed E-state index contributed by atoms with van der Waals surface area (Å²) in [6, 6.07) is 3.90. The molecule has 0 spiro atoms. The molecule has 0 aromatic heterocycles. The van der Waals surface area contributed by atoms with Crippen molar-refractivity contribution in [3.05, 3.63) is 29.8 Å². The predicted molar refractivity (Wildman–Crippen MR) is 61.0 cm³/mol. The van der Waals surface area contributed by atoms with Crippen molar-refractivity contribution in [3.8, 4) is 0 Å². The van der Waals surface area contributed by atoms with Gasteiger partial charge in [-0.2, -0.15) is 26.3 Å². The molecule has 0 aliphatic rings. The number of hydrogen-bond acceptors (Lipinski definition) is 3. The van der Waals surface area contributed by atoms with E-state index in [2.05, 4.69) is 4.72 Å². The van der Waals surface area contributed by atoms with Crippen molar-refractivity contribution >= 4 is 15.9 Å². The third-order valence-electron chi connectivity index (χ3n) is 1.88. The minimum atomic E-state index is -4.52. The fraction of sp³-hybridized carbons (Fsp3) is 0.333. The van der Waals surface area contributed by atoms with Crippen LogP contribution in [-0.2, 0) is 16.4 Å². The van der Waals surface area contributed by atoms with Crippen molar-refractivity contribution in [2.24, 2.45) is 5.73 Å². The van der Waals surface area contributed by atoms with Gasteiger partial charge < -0.3 is 5.73 Å². The summed E-state index contributed by atoms with van der Waals surface area (Å²) in [6.07, 6.45) is -4.52. The van der Waals surface area contributed by atoms with E-state index in [9.17, 15) is 21.6 Å². The molecule has 9 heteroatoms. The Morgan fingerprint density at radius 2 is 1.94 bits per heavy atom. The number of nitrogens with one attached hydrogen (secondary N) is 2. The number of rotatable bonds is 5. The first kappa shape index (κ1) is 14.7. The van der Waals surface area contributed by atoms with E-state index in [1.54, 1.807) is 0 Å². The number of hydrogen-bond donors (Lipinski definition) is 3. The summed E-state index contributed by atoms with van der Waals surface area (Å²) in [5, 5.41) is 0. The number of anilines is 1. The monoisotopic (exact) mass is 283 g/mol. The lowest BCUT2D eigenvalue weighted by molar-refractivity contribution is -0.137. The lowest BCUT2D eigenvalue weighted by Gasteiger charge is -2.11. The van der Waals surface area contributed by atoms with Crippen LogP contribution in [-0.4, -0.2) is 21.5 Å². The Morgan fingerprint density at radius 3 is 2.50 bits per heavy atom. The second-order valence-electron chi connectivity index (χ2n) is 3.37. The van der Waals surface area contributed by atoms with E-state index in [-0.39, 0.29) is 18.8 Å². The molecule has 0 saturated carbocycles. The Balaban J connectivity index is 2.86. The lowest BCUT2D eigenvalue weighted by Crippen LogP contribution is -2.33. The molecule has 0 amide bonds. The van der Waals surface area contributed by atoms with E-state index in [4.69, 9.17) is 5.73 Å². The van der Waals surface area contributed by atoms with Crippen molar-refractivity contribution in [3.63, 3.8) is 0 Å². The van der Waals surface area contributed by atoms with Crippen LogP contribution in [0.25, 0.3) is 0 Å². The van der Waals surface area contributed by atoms with E-state index in [0.29, 0.717) is 6.07 Å². The Bertz CT molecular complexity index is 502. The zero-order chi connectivity index (χ0) is 13.8. The maximum absolute atomic E-state index is 12.4. The molecule has 0 saturated heterocycles. The van der Waals surface area contributed by atoms with Gasteiger partial charge in [-0.05, 0) is 18.2 Å². The number of alkyl halides is 3. The van der Waals surface area contributed by atoms with Crippen molar-refractivity contribution in [1.82, 2.24) is 4.72 Å². The quantitative estimate of drug-likeness (QED) is 0.751. The molecule has 18 heavy (non-hydrogen) atoms. The average molecular weight is 283 g/mol. The van der Waals surface area contributed by atoms with Crippen LogP contribution in [0.1, 0.15) is 5.56 Å². The first-order valence-electron chi connectivity index (χ1n) is 4.89. The Labute approximate surface area is 102 Å². The van der Waals surface area contributed by atoms with Crippen LogP contribution >= 0.6 is 0 Å². The highest BCUT2D eigenvalue weighted by Crippen LogP contribution is 2.30. The topological polar surface area (TPSA) is 84.2 Å². The standard InChI is InChI=1S/C9H12F3N3O2S/c10-9(11,12)7-2-1-3-8(6-7)15-18(16,17)14-5-4-13/h1-3,6,14-15H,4-5,13H2. The van der Waals surface area contributed by atoms with Gasteiger partial charge in [-0.25, -0.2) is 0 Å². The first-order valence-corrected chi connectivity index (χ1v) is 6.37. The largest absolute Gasteiger partial charge is 0.416 e. The predicted octanol–water partition coefficient (Wildman–Crippen LogP) is 0.910. The van der Waals surface area contributed by atoms with Crippen molar-refractivity contribution in [2.75, 3.05) is 17.8 Å². The van der Waals surface area contributed by atoms with Gasteiger partial charge in [-0.3, -0.25) is 4.72 Å². The van der Waals surface area contributed by atoms with Crippen molar-refractivity contribution < 1.29 is 21.6 Å². The Kier molecular flexibility index (Phi) is 4.54. The van der Waals surface area contributed by atoms with Crippen LogP contribution in [0.5, 0.6) is 0 Å². The maximum atomic E-state index is 12.4. The molecule has 4 N–H and O–H groups in total. The van der Waals surface area contributed by atoms with E-state index in [1.165, 1.54) is 6.07 Å². The normalized spacial score (nSPS) is 12.4. The summed E-state index contributed by atoms with van der Waals surface area (Å²) in [5.41, 5.74) is 4.01. The summed E-state index contributed by atoms with van der Waals surface area (Å²) in [5.74, 6) is 0. The number of halogens is 3. The van der Waals surface area contributed by atoms with Gasteiger partial charge in [-0.15, -0.1) is 0 Å². The summed E-state index contributed by atoms with van der Waals surface area (Å²) < 4.78 is 63.9. The molecular weight excluding hydrogens is 271 g/mol. The molecule has 0 unspecified atom stereocenters. The molecule has 0 radical (unpaired) electrons. The first-order chi connectivity index (χ1) is 8.24. The molecule has 0 atom stereocenters. The van der Waals surface area contributed by atoms with Gasteiger partial charge in [0, 0.05) is 13.1 Å². The van der Waals surface area contributed by atoms with Gasteiger partial charge in [0.2, 0.25) is 0 Å². The number of benzene rings is 1. The fourth-order valence-electron chi connectivity index (χ4n) is 1.14. The Hall–Kier alpha value is -1.32. The van der Waals surface area contributed by atoms with Crippen molar-refractivity contribution in [1.29, 1.82) is 0 Å². The molecule has 1 aromatic rings. The third kappa shape index (κ3) is 4.51. The van der Waals surface area contributed by atoms with Crippen LogP contribution in [0.2, 0.25) is 0 Å². The fourth-order valence-corrected chi connectivity index (χ4v) is 2.04. The molecule has 0 aliphatic carbocycles. The molecule has 0 fully saturated rings. The third-order valence-corrected chi connectivity index (χ3v) is 2.97. The summed E-state index contributed by atoms with van der Waals surface area (Å²) >= 11 is 0. The SMILES string of the molecule is NCCNS(=O)(=O)Nc1cccc(C(F)(F)F)c1. The minimum Gasteiger partial charge on any atom is -0.329 e. The molecule has 0 heterocycles. The molecule has 0 bridgehead atoms. The van der Waals surface area contributed by atoms with Gasteiger partial charge in [-0.1, -0.05) is 6.07 Å². The molecule has 102 valence electrons. The van der Waals surface area contributed by atoms with Crippen LogP contribution in [0.15, 0.2) is 24.3 Å². The molecule has 1 rings (SSSR count). The van der Waals surface area contributed by atoms with Crippen LogP contribution in [0.3, 0.4) is 0 Å². The summed E-state index contributed by atoms with van der Waals surface area (Å²) in [7, 11) is -3.91. The minimum absolute atomic E-state index is 0.00566. The van der Waals surface area contributed by atoms with Gasteiger partial charge >= 0.3 is 6.18 Å². The molecule has 1 aromatic carbocycles. The van der Waals surface area contributed by atoms with Gasteiger partial charge in [0.25, 0.3) is 10.2 Å². The van der Waals surface area contributed by atoms with Crippen molar-refractivity contribution in [2.45, 2.75) is 6.18 Å². The zero-order valence-electron chi connectivity index (χ0n) is 9.16. The second-order valence-corrected chi connectivity index (χ2v) is 4.87. The average Bonchev–Trinajstić information content (AvgIpc) is 2.25. The smallest absolute Gasteiger partial charge is 0.329 e. The van der Waals surface area contributed by atoms with E-state index < -0.39 is 21.9 Å². The lowest BCUT2D eigenvalue weighted by atomic mass is 10.2. The maximum Gasteiger partial charge on any atom is 0.416 e. The van der Waals surface area contributed by atoms with E-state index in [0.717, 1.165) is 12.1 Å². The summed E-state index contributed by atoms with van der Waals surface area (Å²) in [6.45, 7) is 0.0811. The Morgan fingerprint density at radius 1 is 1.28 bits per heavy atom. The van der Waals surface area contributed by atoms with Crippen LogP contribution in [0, 0.1) is 0 Å².